The first-order chi connectivity index (χ1) is 16.1. The fraction of sp³-hybridized carbons (Fsp3) is 0.318. The Morgan fingerprint density at radius 2 is 1.94 bits per heavy atom. The number of anilines is 1. The number of aromatic nitrogens is 7. The number of piperidine rings is 1. The smallest absolute Gasteiger partial charge is 0.190 e. The molecule has 0 saturated carbocycles. The molecular formula is C22H21ClFN9. The monoisotopic (exact) mass is 465 g/mol. The van der Waals surface area contributed by atoms with E-state index in [1.807, 2.05) is 18.5 Å². The zero-order chi connectivity index (χ0) is 22.5. The van der Waals surface area contributed by atoms with Crippen LogP contribution < -0.4 is 11.1 Å². The van der Waals surface area contributed by atoms with Gasteiger partial charge in [-0.15, -0.1) is 5.10 Å². The highest BCUT2D eigenvalue weighted by atomic mass is 35.5. The number of tetrazole rings is 1. The quantitative estimate of drug-likeness (QED) is 0.474. The van der Waals surface area contributed by atoms with Gasteiger partial charge in [-0.25, -0.2) is 9.37 Å². The number of benzene rings is 1. The predicted molar refractivity (Wildman–Crippen MR) is 121 cm³/mol. The molecule has 1 aromatic carbocycles. The Morgan fingerprint density at radius 3 is 2.76 bits per heavy atom. The molecule has 4 aromatic rings. The first kappa shape index (κ1) is 20.3. The highest BCUT2D eigenvalue weighted by molar-refractivity contribution is 6.30. The lowest BCUT2D eigenvalue weighted by atomic mass is 10.00. The van der Waals surface area contributed by atoms with Crippen molar-refractivity contribution in [2.75, 3.05) is 5.73 Å². The molecule has 3 N–H and O–H groups in total. The molecule has 168 valence electrons. The number of rotatable bonds is 4. The molecule has 2 bridgehead atoms. The standard InChI is InChI=1S/C22H21ClFN9/c23-18-2-1-3-19(20(18)24)33-22(29-30-31-33)17-6-12(9-26-21(17)25)13-10-27-32(11-13)16-7-14-4-5-15(8-16)28-14/h1-3,6,9-11,14-16,28H,4-5,7-8H2,(H2,25,26)/t14-,15+,16-. The van der Waals surface area contributed by atoms with Gasteiger partial charge in [0.2, 0.25) is 0 Å². The summed E-state index contributed by atoms with van der Waals surface area (Å²) in [4.78, 5) is 4.34. The van der Waals surface area contributed by atoms with Crippen LogP contribution >= 0.6 is 11.6 Å². The van der Waals surface area contributed by atoms with Crippen molar-refractivity contribution in [3.8, 4) is 28.2 Å². The molecule has 0 radical (unpaired) electrons. The number of hydrogen-bond donors (Lipinski definition) is 2. The van der Waals surface area contributed by atoms with Crippen molar-refractivity contribution in [1.29, 1.82) is 0 Å². The summed E-state index contributed by atoms with van der Waals surface area (Å²) in [5.74, 6) is -0.113. The summed E-state index contributed by atoms with van der Waals surface area (Å²) in [5.41, 5.74) is 8.52. The normalized spacial score (nSPS) is 22.1. The van der Waals surface area contributed by atoms with E-state index in [2.05, 4.69) is 35.6 Å². The molecule has 0 amide bonds. The predicted octanol–water partition coefficient (Wildman–Crippen LogP) is 3.42. The van der Waals surface area contributed by atoms with Gasteiger partial charge in [0.15, 0.2) is 11.6 Å². The van der Waals surface area contributed by atoms with Gasteiger partial charge in [0.1, 0.15) is 11.5 Å². The van der Waals surface area contributed by atoms with Gasteiger partial charge in [0.05, 0.1) is 22.8 Å². The second-order valence-electron chi connectivity index (χ2n) is 8.62. The minimum atomic E-state index is -0.618. The van der Waals surface area contributed by atoms with Gasteiger partial charge in [0.25, 0.3) is 0 Å². The van der Waals surface area contributed by atoms with Crippen LogP contribution in [0.3, 0.4) is 0 Å². The first-order valence-corrected chi connectivity index (χ1v) is 11.2. The summed E-state index contributed by atoms with van der Waals surface area (Å²) in [7, 11) is 0. The number of halogens is 2. The van der Waals surface area contributed by atoms with E-state index in [4.69, 9.17) is 17.3 Å². The Labute approximate surface area is 193 Å². The van der Waals surface area contributed by atoms with Gasteiger partial charge < -0.3 is 11.1 Å². The lowest BCUT2D eigenvalue weighted by molar-refractivity contribution is 0.281. The summed E-state index contributed by atoms with van der Waals surface area (Å²) >= 11 is 5.95. The van der Waals surface area contributed by atoms with Crippen LogP contribution in [0.25, 0.3) is 28.2 Å². The maximum atomic E-state index is 14.6. The van der Waals surface area contributed by atoms with Crippen LogP contribution in [0.1, 0.15) is 31.7 Å². The summed E-state index contributed by atoms with van der Waals surface area (Å²) in [6.07, 6.45) is 10.2. The van der Waals surface area contributed by atoms with Crippen molar-refractivity contribution in [3.63, 3.8) is 0 Å². The number of fused-ring (bicyclic) bond motifs is 2. The minimum absolute atomic E-state index is 0.0208. The van der Waals surface area contributed by atoms with Crippen LogP contribution in [0.2, 0.25) is 5.02 Å². The fourth-order valence-corrected chi connectivity index (χ4v) is 5.09. The van der Waals surface area contributed by atoms with Gasteiger partial charge in [-0.3, -0.25) is 4.68 Å². The Morgan fingerprint density at radius 1 is 1.12 bits per heavy atom. The van der Waals surface area contributed by atoms with E-state index in [9.17, 15) is 4.39 Å². The van der Waals surface area contributed by atoms with E-state index < -0.39 is 5.82 Å². The highest BCUT2D eigenvalue weighted by Gasteiger charge is 2.34. The van der Waals surface area contributed by atoms with Crippen LogP contribution in [0.5, 0.6) is 0 Å². The fourth-order valence-electron chi connectivity index (χ4n) is 4.92. The van der Waals surface area contributed by atoms with Crippen molar-refractivity contribution in [1.82, 2.24) is 40.3 Å². The zero-order valence-electron chi connectivity index (χ0n) is 17.6. The number of nitrogens with zero attached hydrogens (tertiary/aromatic N) is 7. The van der Waals surface area contributed by atoms with Crippen molar-refractivity contribution in [3.05, 3.63) is 53.7 Å². The Kier molecular flexibility index (Phi) is 4.84. The van der Waals surface area contributed by atoms with E-state index in [1.165, 1.54) is 23.6 Å². The van der Waals surface area contributed by atoms with Crippen LogP contribution in [0, 0.1) is 5.82 Å². The van der Waals surface area contributed by atoms with Crippen LogP contribution in [0.15, 0.2) is 42.9 Å². The van der Waals surface area contributed by atoms with E-state index in [-0.39, 0.29) is 22.4 Å². The van der Waals surface area contributed by atoms with E-state index in [0.29, 0.717) is 23.7 Å². The molecule has 0 unspecified atom stereocenters. The number of nitrogens with one attached hydrogen (secondary N) is 1. The van der Waals surface area contributed by atoms with Gasteiger partial charge in [0, 0.05) is 35.6 Å². The number of nitrogen functional groups attached to an aromatic ring is 1. The van der Waals surface area contributed by atoms with Gasteiger partial charge >= 0.3 is 0 Å². The summed E-state index contributed by atoms with van der Waals surface area (Å²) < 4.78 is 18.0. The third kappa shape index (κ3) is 3.55. The number of pyridine rings is 1. The molecule has 2 aliphatic rings. The zero-order valence-corrected chi connectivity index (χ0v) is 18.3. The number of hydrogen-bond acceptors (Lipinski definition) is 7. The molecule has 3 aromatic heterocycles. The van der Waals surface area contributed by atoms with Crippen molar-refractivity contribution in [2.24, 2.45) is 0 Å². The maximum absolute atomic E-state index is 14.6. The molecule has 0 spiro atoms. The molecule has 9 nitrogen and oxygen atoms in total. The maximum Gasteiger partial charge on any atom is 0.190 e. The molecule has 5 heterocycles. The summed E-state index contributed by atoms with van der Waals surface area (Å²) in [6, 6.07) is 8.04. The Hall–Kier alpha value is -3.37. The molecule has 2 aliphatic heterocycles. The van der Waals surface area contributed by atoms with Gasteiger partial charge in [-0.2, -0.15) is 9.78 Å². The van der Waals surface area contributed by atoms with Gasteiger partial charge in [-0.05, 0) is 54.3 Å². The van der Waals surface area contributed by atoms with Crippen LogP contribution in [-0.2, 0) is 0 Å². The lowest BCUT2D eigenvalue weighted by Gasteiger charge is -2.29. The topological polar surface area (TPSA) is 112 Å². The molecule has 6 rings (SSSR count). The molecule has 33 heavy (non-hydrogen) atoms. The summed E-state index contributed by atoms with van der Waals surface area (Å²) in [5, 5.41) is 20.0. The van der Waals surface area contributed by atoms with E-state index in [0.717, 1.165) is 24.0 Å². The number of nitrogens with two attached hydrogens (primary N) is 1. The average Bonchev–Trinajstić information content (AvgIpc) is 3.56. The SMILES string of the molecule is Nc1ncc(-c2cnn([C@@H]3C[C@H]4CC[C@@H](C3)N4)c2)cc1-c1nnnn1-c1cccc(Cl)c1F. The summed E-state index contributed by atoms with van der Waals surface area (Å²) in [6.45, 7) is 0. The highest BCUT2D eigenvalue weighted by Crippen LogP contribution is 2.35. The van der Waals surface area contributed by atoms with Gasteiger partial charge in [-0.1, -0.05) is 17.7 Å². The van der Waals surface area contributed by atoms with Crippen molar-refractivity contribution < 1.29 is 4.39 Å². The molecule has 0 aliphatic carbocycles. The Balaban J connectivity index is 1.35. The van der Waals surface area contributed by atoms with Crippen molar-refractivity contribution in [2.45, 2.75) is 43.8 Å². The molecule has 2 fully saturated rings. The largest absolute Gasteiger partial charge is 0.383 e. The molecule has 2 saturated heterocycles. The second-order valence-corrected chi connectivity index (χ2v) is 9.02. The average molecular weight is 466 g/mol. The minimum Gasteiger partial charge on any atom is -0.383 e. The van der Waals surface area contributed by atoms with Crippen LogP contribution in [-0.4, -0.2) is 47.1 Å². The van der Waals surface area contributed by atoms with E-state index in [1.54, 1.807) is 18.3 Å². The van der Waals surface area contributed by atoms with Crippen molar-refractivity contribution >= 4 is 17.4 Å². The van der Waals surface area contributed by atoms with E-state index >= 15 is 0 Å². The third-order valence-electron chi connectivity index (χ3n) is 6.55. The lowest BCUT2D eigenvalue weighted by Crippen LogP contribution is -2.38. The first-order valence-electron chi connectivity index (χ1n) is 10.9. The molecule has 11 heteroatoms. The van der Waals surface area contributed by atoms with Crippen LogP contribution in [0.4, 0.5) is 10.2 Å². The molecule has 3 atom stereocenters. The molecular weight excluding hydrogens is 445 g/mol. The third-order valence-corrected chi connectivity index (χ3v) is 6.84. The Bertz CT molecular complexity index is 1320. The second kappa shape index (κ2) is 7.89.